The third kappa shape index (κ3) is 3.66. The second-order valence-electron chi connectivity index (χ2n) is 9.28. The Morgan fingerprint density at radius 3 is 2.76 bits per heavy atom. The van der Waals surface area contributed by atoms with Gasteiger partial charge in [0.2, 0.25) is 0 Å². The first-order valence-corrected chi connectivity index (χ1v) is 11.6. The number of likely N-dealkylation sites (tertiary alicyclic amines) is 1. The molecule has 0 spiro atoms. The lowest BCUT2D eigenvalue weighted by molar-refractivity contribution is -0.140. The molecule has 0 aliphatic carbocycles. The fourth-order valence-corrected chi connectivity index (χ4v) is 5.00. The number of likely N-dealkylation sites (N-methyl/N-ethyl adjacent to an activating group) is 1. The summed E-state index contributed by atoms with van der Waals surface area (Å²) in [6, 6.07) is 12.7. The van der Waals surface area contributed by atoms with Crippen molar-refractivity contribution in [2.45, 2.75) is 18.9 Å². The Morgan fingerprint density at radius 2 is 1.97 bits per heavy atom. The summed E-state index contributed by atoms with van der Waals surface area (Å²) in [6.07, 6.45) is 3.71. The smallest absolute Gasteiger partial charge is 0.295 e. The number of fused-ring (bicyclic) bond motifs is 2. The van der Waals surface area contributed by atoms with Crippen molar-refractivity contribution in [3.63, 3.8) is 0 Å². The van der Waals surface area contributed by atoms with Crippen LogP contribution in [-0.4, -0.2) is 65.0 Å². The summed E-state index contributed by atoms with van der Waals surface area (Å²) >= 11 is 0. The molecule has 0 bridgehead atoms. The predicted octanol–water partition coefficient (Wildman–Crippen LogP) is 3.49. The summed E-state index contributed by atoms with van der Waals surface area (Å²) < 4.78 is 7.69. The molecule has 1 N–H and O–H groups in total. The molecule has 1 saturated heterocycles. The number of aryl methyl sites for hydroxylation is 2. The summed E-state index contributed by atoms with van der Waals surface area (Å²) in [5.74, 6) is -0.567. The van der Waals surface area contributed by atoms with Gasteiger partial charge in [-0.1, -0.05) is 18.2 Å². The molecular weight excluding hydrogens is 430 g/mol. The maximum Gasteiger partial charge on any atom is 0.295 e. The van der Waals surface area contributed by atoms with Crippen molar-refractivity contribution in [1.29, 1.82) is 0 Å². The highest BCUT2D eigenvalue weighted by atomic mass is 16.5. The summed E-state index contributed by atoms with van der Waals surface area (Å²) in [5.41, 5.74) is 3.50. The Labute approximate surface area is 198 Å². The molecule has 1 aromatic heterocycles. The van der Waals surface area contributed by atoms with E-state index < -0.39 is 17.7 Å². The fourth-order valence-electron chi connectivity index (χ4n) is 5.00. The standard InChI is InChI=1S/C27H29N3O4/c1-28(2)12-13-30-24(20-16-29(3)21-9-5-4-8-19(20)21)23(26(32)27(30)33)25(31)18-10-11-22-17(15-18)7-6-14-34-22/h4-5,8-11,15-16,24,31H,6-7,12-14H2,1-3H3/b25-23+. The van der Waals surface area contributed by atoms with Crippen LogP contribution in [0.5, 0.6) is 5.75 Å². The predicted molar refractivity (Wildman–Crippen MR) is 131 cm³/mol. The zero-order valence-corrected chi connectivity index (χ0v) is 19.7. The molecule has 2 aliphatic heterocycles. The van der Waals surface area contributed by atoms with E-state index in [0.717, 1.165) is 40.6 Å². The minimum Gasteiger partial charge on any atom is -0.507 e. The number of ether oxygens (including phenoxy) is 1. The lowest BCUT2D eigenvalue weighted by Gasteiger charge is -2.26. The Balaban J connectivity index is 1.69. The van der Waals surface area contributed by atoms with Crippen molar-refractivity contribution in [1.82, 2.24) is 14.4 Å². The second kappa shape index (κ2) is 8.65. The molecule has 3 heterocycles. The number of benzene rings is 2. The third-order valence-corrected chi connectivity index (χ3v) is 6.73. The average Bonchev–Trinajstić information content (AvgIpc) is 3.30. The van der Waals surface area contributed by atoms with Crippen LogP contribution in [0.3, 0.4) is 0 Å². The van der Waals surface area contributed by atoms with Gasteiger partial charge in [-0.2, -0.15) is 0 Å². The minimum atomic E-state index is -0.668. The number of aliphatic hydroxyl groups is 1. The highest BCUT2D eigenvalue weighted by Crippen LogP contribution is 2.42. The van der Waals surface area contributed by atoms with Crippen molar-refractivity contribution >= 4 is 28.4 Å². The summed E-state index contributed by atoms with van der Waals surface area (Å²) in [4.78, 5) is 30.1. The number of hydrogen-bond donors (Lipinski definition) is 1. The molecule has 2 aromatic carbocycles. The van der Waals surface area contributed by atoms with Gasteiger partial charge in [-0.15, -0.1) is 0 Å². The van der Waals surface area contributed by atoms with Gasteiger partial charge >= 0.3 is 0 Å². The lowest BCUT2D eigenvalue weighted by Crippen LogP contribution is -2.35. The number of rotatable bonds is 5. The highest BCUT2D eigenvalue weighted by Gasteiger charge is 2.46. The molecule has 34 heavy (non-hydrogen) atoms. The molecule has 176 valence electrons. The van der Waals surface area contributed by atoms with E-state index in [0.29, 0.717) is 25.3 Å². The molecule has 5 rings (SSSR count). The van der Waals surface area contributed by atoms with Crippen LogP contribution in [0.4, 0.5) is 0 Å². The number of ketones is 1. The van der Waals surface area contributed by atoms with E-state index in [2.05, 4.69) is 0 Å². The topological polar surface area (TPSA) is 75.0 Å². The van der Waals surface area contributed by atoms with E-state index in [9.17, 15) is 14.7 Å². The van der Waals surface area contributed by atoms with Gasteiger partial charge in [-0.05, 0) is 56.8 Å². The van der Waals surface area contributed by atoms with Crippen molar-refractivity contribution in [2.75, 3.05) is 33.8 Å². The maximum absolute atomic E-state index is 13.3. The Hall–Kier alpha value is -3.58. The van der Waals surface area contributed by atoms with Crippen molar-refractivity contribution < 1.29 is 19.4 Å². The monoisotopic (exact) mass is 459 g/mol. The second-order valence-corrected chi connectivity index (χ2v) is 9.28. The first-order chi connectivity index (χ1) is 16.4. The Morgan fingerprint density at radius 1 is 1.18 bits per heavy atom. The van der Waals surface area contributed by atoms with Gasteiger partial charge in [0.15, 0.2) is 0 Å². The van der Waals surface area contributed by atoms with Gasteiger partial charge in [0.05, 0.1) is 18.2 Å². The van der Waals surface area contributed by atoms with Crippen LogP contribution in [0, 0.1) is 0 Å². The van der Waals surface area contributed by atoms with Crippen molar-refractivity contribution in [3.8, 4) is 5.75 Å². The van der Waals surface area contributed by atoms with Crippen LogP contribution in [0.1, 0.15) is 29.2 Å². The van der Waals surface area contributed by atoms with Crippen molar-refractivity contribution in [3.05, 3.63) is 70.9 Å². The van der Waals surface area contributed by atoms with E-state index in [1.165, 1.54) is 0 Å². The summed E-state index contributed by atoms with van der Waals surface area (Å²) in [6.45, 7) is 1.65. The van der Waals surface area contributed by atoms with E-state index in [-0.39, 0.29) is 11.3 Å². The number of nitrogens with zero attached hydrogens (tertiary/aromatic N) is 3. The first kappa shape index (κ1) is 22.2. The SMILES string of the molecule is CN(C)CCN1C(=O)C(=O)/C(=C(/O)c2ccc3c(c2)CCCO3)C1c1cn(C)c2ccccc12. The molecule has 1 unspecified atom stereocenters. The van der Waals surface area contributed by atoms with Gasteiger partial charge in [-0.25, -0.2) is 0 Å². The van der Waals surface area contributed by atoms with Gasteiger partial charge < -0.3 is 24.2 Å². The first-order valence-electron chi connectivity index (χ1n) is 11.6. The molecule has 1 amide bonds. The number of carbonyl (C=O) groups is 2. The minimum absolute atomic E-state index is 0.136. The molecule has 0 saturated carbocycles. The average molecular weight is 460 g/mol. The molecule has 1 fully saturated rings. The van der Waals surface area contributed by atoms with Gasteiger partial charge in [0.1, 0.15) is 11.5 Å². The van der Waals surface area contributed by atoms with E-state index in [1.54, 1.807) is 11.0 Å². The Kier molecular flexibility index (Phi) is 5.65. The molecule has 7 heteroatoms. The zero-order chi connectivity index (χ0) is 24.0. The fraction of sp³-hybridized carbons (Fsp3) is 0.333. The quantitative estimate of drug-likeness (QED) is 0.359. The van der Waals surface area contributed by atoms with Crippen LogP contribution in [-0.2, 0) is 23.1 Å². The molecule has 7 nitrogen and oxygen atoms in total. The number of para-hydroxylation sites is 1. The highest BCUT2D eigenvalue weighted by molar-refractivity contribution is 6.46. The number of aromatic nitrogens is 1. The van der Waals surface area contributed by atoms with E-state index in [1.807, 2.05) is 73.2 Å². The summed E-state index contributed by atoms with van der Waals surface area (Å²) in [5, 5.41) is 12.4. The number of Topliss-reactive ketones (excluding diaryl/α,β-unsaturated/α-hetero) is 1. The van der Waals surface area contributed by atoms with Gasteiger partial charge in [0.25, 0.3) is 11.7 Å². The molecule has 1 atom stereocenters. The number of carbonyl (C=O) groups excluding carboxylic acids is 2. The number of aliphatic hydroxyl groups excluding tert-OH is 1. The van der Waals surface area contributed by atoms with E-state index in [4.69, 9.17) is 4.74 Å². The van der Waals surface area contributed by atoms with Crippen LogP contribution in [0.2, 0.25) is 0 Å². The number of hydrogen-bond acceptors (Lipinski definition) is 5. The van der Waals surface area contributed by atoms with Crippen LogP contribution >= 0.6 is 0 Å². The molecule has 0 radical (unpaired) electrons. The van der Waals surface area contributed by atoms with E-state index >= 15 is 0 Å². The Bertz CT molecular complexity index is 1320. The van der Waals surface area contributed by atoms with Crippen LogP contribution in [0.15, 0.2) is 54.2 Å². The largest absolute Gasteiger partial charge is 0.507 e. The van der Waals surface area contributed by atoms with Gasteiger partial charge in [-0.3, -0.25) is 9.59 Å². The normalized spacial score (nSPS) is 19.6. The number of amides is 1. The molecule has 3 aromatic rings. The van der Waals surface area contributed by atoms with Gasteiger partial charge in [0, 0.05) is 48.4 Å². The molecule has 2 aliphatic rings. The van der Waals surface area contributed by atoms with Crippen molar-refractivity contribution in [2.24, 2.45) is 7.05 Å². The summed E-state index contributed by atoms with van der Waals surface area (Å²) in [7, 11) is 5.80. The van der Waals surface area contributed by atoms with Crippen LogP contribution in [0.25, 0.3) is 16.7 Å². The maximum atomic E-state index is 13.3. The molecular formula is C27H29N3O4. The van der Waals surface area contributed by atoms with Crippen LogP contribution < -0.4 is 4.74 Å². The lowest BCUT2D eigenvalue weighted by atomic mass is 9.93. The third-order valence-electron chi connectivity index (χ3n) is 6.73. The zero-order valence-electron chi connectivity index (χ0n) is 19.7.